The number of nitrogens with zero attached hydrogens (tertiary/aromatic N) is 1. The van der Waals surface area contributed by atoms with Gasteiger partial charge in [0.1, 0.15) is 17.2 Å². The molecule has 0 atom stereocenters. The number of rotatable bonds is 5. The summed E-state index contributed by atoms with van der Waals surface area (Å²) in [5.74, 6) is 0.621. The Morgan fingerprint density at radius 1 is 1.04 bits per heavy atom. The zero-order valence-electron chi connectivity index (χ0n) is 14.4. The minimum atomic E-state index is -0.503. The standard InChI is InChI=1S/C20H18N2O4/c1-25-16-8-7-15(19(11-16)26-2)12-21-22-20(24)17-9-13-5-3-4-6-14(13)10-18(17)23/h3-12,23H,1-2H3,(H,22,24). The molecule has 26 heavy (non-hydrogen) atoms. The number of benzene rings is 3. The first-order chi connectivity index (χ1) is 12.6. The Balaban J connectivity index is 1.79. The maximum absolute atomic E-state index is 12.3. The molecular formula is C20H18N2O4. The zero-order chi connectivity index (χ0) is 18.5. The molecule has 1 amide bonds. The average Bonchev–Trinajstić information content (AvgIpc) is 2.67. The number of aromatic hydroxyl groups is 1. The van der Waals surface area contributed by atoms with Gasteiger partial charge in [0.15, 0.2) is 0 Å². The maximum Gasteiger partial charge on any atom is 0.275 e. The van der Waals surface area contributed by atoms with Crippen LogP contribution in [0.1, 0.15) is 15.9 Å². The molecule has 3 aromatic rings. The van der Waals surface area contributed by atoms with E-state index in [4.69, 9.17) is 9.47 Å². The van der Waals surface area contributed by atoms with Gasteiger partial charge in [-0.2, -0.15) is 5.10 Å². The van der Waals surface area contributed by atoms with Crippen molar-refractivity contribution < 1.29 is 19.4 Å². The van der Waals surface area contributed by atoms with Crippen LogP contribution in [0.2, 0.25) is 0 Å². The van der Waals surface area contributed by atoms with E-state index in [1.807, 2.05) is 24.3 Å². The van der Waals surface area contributed by atoms with Gasteiger partial charge < -0.3 is 14.6 Å². The number of hydrogen-bond donors (Lipinski definition) is 2. The molecule has 0 heterocycles. The van der Waals surface area contributed by atoms with E-state index in [-0.39, 0.29) is 11.3 Å². The zero-order valence-corrected chi connectivity index (χ0v) is 14.4. The number of ether oxygens (including phenoxy) is 2. The molecule has 0 saturated heterocycles. The lowest BCUT2D eigenvalue weighted by Crippen LogP contribution is -2.17. The lowest BCUT2D eigenvalue weighted by Gasteiger charge is -2.07. The Labute approximate surface area is 150 Å². The molecule has 0 bridgehead atoms. The van der Waals surface area contributed by atoms with Crippen molar-refractivity contribution in [2.24, 2.45) is 5.10 Å². The van der Waals surface area contributed by atoms with Crippen molar-refractivity contribution in [3.63, 3.8) is 0 Å². The molecule has 0 aliphatic heterocycles. The minimum Gasteiger partial charge on any atom is -0.507 e. The highest BCUT2D eigenvalue weighted by Crippen LogP contribution is 2.25. The van der Waals surface area contributed by atoms with E-state index < -0.39 is 5.91 Å². The number of phenols is 1. The van der Waals surface area contributed by atoms with Gasteiger partial charge in [-0.15, -0.1) is 0 Å². The summed E-state index contributed by atoms with van der Waals surface area (Å²) in [6.45, 7) is 0. The van der Waals surface area contributed by atoms with E-state index in [1.54, 1.807) is 37.4 Å². The number of phenolic OH excluding ortho intramolecular Hbond substituents is 1. The molecule has 6 nitrogen and oxygen atoms in total. The number of hydrazone groups is 1. The predicted octanol–water partition coefficient (Wildman–Crippen LogP) is 3.33. The highest BCUT2D eigenvalue weighted by Gasteiger charge is 2.12. The summed E-state index contributed by atoms with van der Waals surface area (Å²) in [6, 6.07) is 15.9. The Hall–Kier alpha value is -3.54. The van der Waals surface area contributed by atoms with Gasteiger partial charge in [0, 0.05) is 11.6 Å². The highest BCUT2D eigenvalue weighted by molar-refractivity contribution is 6.01. The van der Waals surface area contributed by atoms with Crippen LogP contribution >= 0.6 is 0 Å². The van der Waals surface area contributed by atoms with E-state index in [1.165, 1.54) is 13.3 Å². The largest absolute Gasteiger partial charge is 0.507 e. The third-order valence-corrected chi connectivity index (χ3v) is 3.92. The highest BCUT2D eigenvalue weighted by atomic mass is 16.5. The number of carbonyl (C=O) groups is 1. The van der Waals surface area contributed by atoms with E-state index in [9.17, 15) is 9.90 Å². The van der Waals surface area contributed by atoms with Crippen molar-refractivity contribution in [2.45, 2.75) is 0 Å². The fraction of sp³-hybridized carbons (Fsp3) is 0.100. The van der Waals surface area contributed by atoms with Gasteiger partial charge in [-0.25, -0.2) is 5.43 Å². The third-order valence-electron chi connectivity index (χ3n) is 3.92. The fourth-order valence-electron chi connectivity index (χ4n) is 2.56. The van der Waals surface area contributed by atoms with E-state index in [0.29, 0.717) is 17.1 Å². The second-order valence-electron chi connectivity index (χ2n) is 5.52. The van der Waals surface area contributed by atoms with Crippen LogP contribution in [0.3, 0.4) is 0 Å². The second kappa shape index (κ2) is 7.57. The lowest BCUT2D eigenvalue weighted by molar-refractivity contribution is 0.0952. The topological polar surface area (TPSA) is 80.2 Å². The van der Waals surface area contributed by atoms with Gasteiger partial charge in [-0.3, -0.25) is 4.79 Å². The first kappa shape index (κ1) is 17.3. The molecular weight excluding hydrogens is 332 g/mol. The van der Waals surface area contributed by atoms with Crippen molar-refractivity contribution in [3.05, 3.63) is 65.7 Å². The number of hydrogen-bond acceptors (Lipinski definition) is 5. The minimum absolute atomic E-state index is 0.0987. The van der Waals surface area contributed by atoms with Crippen molar-refractivity contribution in [3.8, 4) is 17.2 Å². The van der Waals surface area contributed by atoms with Crippen LogP contribution in [-0.2, 0) is 0 Å². The molecule has 0 aliphatic rings. The molecule has 0 radical (unpaired) electrons. The Morgan fingerprint density at radius 2 is 1.77 bits per heavy atom. The molecule has 3 rings (SSSR count). The van der Waals surface area contributed by atoms with Crippen molar-refractivity contribution in [1.82, 2.24) is 5.43 Å². The molecule has 0 aromatic heterocycles. The number of methoxy groups -OCH3 is 2. The Kier molecular flexibility index (Phi) is 5.03. The SMILES string of the molecule is COc1ccc(C=NNC(=O)c2cc3ccccc3cc2O)c(OC)c1. The number of nitrogens with one attached hydrogen (secondary N) is 1. The van der Waals surface area contributed by atoms with Crippen LogP contribution in [0.15, 0.2) is 59.7 Å². The number of amides is 1. The molecule has 0 unspecified atom stereocenters. The summed E-state index contributed by atoms with van der Waals surface area (Å²) in [6.07, 6.45) is 1.47. The van der Waals surface area contributed by atoms with Crippen LogP contribution in [0.25, 0.3) is 10.8 Å². The van der Waals surface area contributed by atoms with Gasteiger partial charge in [-0.05, 0) is 35.0 Å². The average molecular weight is 350 g/mol. The summed E-state index contributed by atoms with van der Waals surface area (Å²) < 4.78 is 10.4. The summed E-state index contributed by atoms with van der Waals surface area (Å²) >= 11 is 0. The first-order valence-electron chi connectivity index (χ1n) is 7.89. The van der Waals surface area contributed by atoms with E-state index in [2.05, 4.69) is 10.5 Å². The number of carbonyl (C=O) groups excluding carboxylic acids is 1. The molecule has 0 spiro atoms. The van der Waals surface area contributed by atoms with Gasteiger partial charge in [0.05, 0.1) is 26.0 Å². The molecule has 0 fully saturated rings. The van der Waals surface area contributed by atoms with Crippen LogP contribution in [-0.4, -0.2) is 31.4 Å². The van der Waals surface area contributed by atoms with Crippen molar-refractivity contribution >= 4 is 22.9 Å². The van der Waals surface area contributed by atoms with Crippen LogP contribution in [0.4, 0.5) is 0 Å². The van der Waals surface area contributed by atoms with Crippen LogP contribution in [0.5, 0.6) is 17.2 Å². The van der Waals surface area contributed by atoms with Gasteiger partial charge in [-0.1, -0.05) is 24.3 Å². The molecule has 0 saturated carbocycles. The quantitative estimate of drug-likeness (QED) is 0.546. The second-order valence-corrected chi connectivity index (χ2v) is 5.52. The van der Waals surface area contributed by atoms with Crippen LogP contribution in [0, 0.1) is 0 Å². The molecule has 3 aromatic carbocycles. The normalized spacial score (nSPS) is 10.8. The molecule has 132 valence electrons. The fourth-order valence-corrected chi connectivity index (χ4v) is 2.56. The monoisotopic (exact) mass is 350 g/mol. The smallest absolute Gasteiger partial charge is 0.275 e. The van der Waals surface area contributed by atoms with Crippen molar-refractivity contribution in [1.29, 1.82) is 0 Å². The first-order valence-corrected chi connectivity index (χ1v) is 7.89. The predicted molar refractivity (Wildman–Crippen MR) is 100 cm³/mol. The molecule has 0 aliphatic carbocycles. The third kappa shape index (κ3) is 3.59. The van der Waals surface area contributed by atoms with Gasteiger partial charge in [0.25, 0.3) is 5.91 Å². The lowest BCUT2D eigenvalue weighted by atomic mass is 10.1. The van der Waals surface area contributed by atoms with E-state index in [0.717, 1.165) is 10.8 Å². The van der Waals surface area contributed by atoms with Gasteiger partial charge in [0.2, 0.25) is 0 Å². The number of fused-ring (bicyclic) bond motifs is 1. The Bertz CT molecular complexity index is 983. The molecule has 6 heteroatoms. The summed E-state index contributed by atoms with van der Waals surface area (Å²) in [4.78, 5) is 12.3. The summed E-state index contributed by atoms with van der Waals surface area (Å²) in [5.41, 5.74) is 3.25. The van der Waals surface area contributed by atoms with Crippen LogP contribution < -0.4 is 14.9 Å². The van der Waals surface area contributed by atoms with Crippen molar-refractivity contribution in [2.75, 3.05) is 14.2 Å². The Morgan fingerprint density at radius 3 is 2.46 bits per heavy atom. The summed E-state index contributed by atoms with van der Waals surface area (Å²) in [7, 11) is 3.11. The maximum atomic E-state index is 12.3. The van der Waals surface area contributed by atoms with Gasteiger partial charge >= 0.3 is 0 Å². The van der Waals surface area contributed by atoms with E-state index >= 15 is 0 Å². The molecule has 2 N–H and O–H groups in total. The summed E-state index contributed by atoms with van der Waals surface area (Å²) in [5, 5.41) is 15.7.